The number of rotatable bonds is 0. The van der Waals surface area contributed by atoms with Gasteiger partial charge in [-0.3, -0.25) is 0 Å². The Morgan fingerprint density at radius 1 is 0.386 bits per heavy atom. The molecule has 4 heterocycles. The lowest BCUT2D eigenvalue weighted by molar-refractivity contribution is 0.0503. The Labute approximate surface area is 277 Å². The van der Waals surface area contributed by atoms with Crippen molar-refractivity contribution in [2.75, 3.05) is 107 Å². The summed E-state index contributed by atoms with van der Waals surface area (Å²) in [5, 5.41) is 3.27. The van der Waals surface area contributed by atoms with Crippen LogP contribution < -0.4 is 5.32 Å². The Balaban J connectivity index is 0.000000258. The van der Waals surface area contributed by atoms with Crippen LogP contribution in [0.3, 0.4) is 0 Å². The van der Waals surface area contributed by atoms with Crippen LogP contribution in [0.1, 0.15) is 124 Å². The van der Waals surface area contributed by atoms with Gasteiger partial charge in [0.25, 0.3) is 0 Å². The van der Waals surface area contributed by atoms with Gasteiger partial charge in [-0.25, -0.2) is 0 Å². The summed E-state index contributed by atoms with van der Waals surface area (Å²) in [6.07, 6.45) is 23.5. The smallest absolute Gasteiger partial charge is 0.0594 e. The van der Waals surface area contributed by atoms with Crippen molar-refractivity contribution < 1.29 is 4.74 Å². The van der Waals surface area contributed by atoms with Gasteiger partial charge in [0.05, 0.1) is 13.2 Å². The lowest BCUT2D eigenvalue weighted by Crippen LogP contribution is -2.40. The highest BCUT2D eigenvalue weighted by Gasteiger charge is 2.12. The zero-order chi connectivity index (χ0) is 32.3. The van der Waals surface area contributed by atoms with E-state index in [1.807, 2.05) is 0 Å². The monoisotopic (exact) mass is 624 g/mol. The summed E-state index contributed by atoms with van der Waals surface area (Å²) in [6, 6.07) is 0. The second-order valence-electron chi connectivity index (χ2n) is 15.2. The highest BCUT2D eigenvalue weighted by atomic mass is 16.5. The molecule has 1 N–H and O–H groups in total. The molecule has 3 aliphatic carbocycles. The van der Waals surface area contributed by atoms with Gasteiger partial charge in [-0.1, -0.05) is 104 Å². The number of likely N-dealkylation sites (tertiary alicyclic amines) is 2. The van der Waals surface area contributed by atoms with E-state index in [1.54, 1.807) is 0 Å². The zero-order valence-corrected chi connectivity index (χ0v) is 31.2. The van der Waals surface area contributed by atoms with Gasteiger partial charge in [0.15, 0.2) is 0 Å². The minimum atomic E-state index is 0.913. The van der Waals surface area contributed by atoms with E-state index in [4.69, 9.17) is 4.74 Å². The molecule has 0 aromatic rings. The number of hydrogen-bond acceptors (Lipinski definition) is 6. The van der Waals surface area contributed by atoms with E-state index in [0.29, 0.717) is 0 Å². The summed E-state index contributed by atoms with van der Waals surface area (Å²) in [5.74, 6) is 3.16. The van der Waals surface area contributed by atoms with Gasteiger partial charge in [-0.2, -0.15) is 0 Å². The van der Waals surface area contributed by atoms with Crippen molar-refractivity contribution in [3.63, 3.8) is 0 Å². The van der Waals surface area contributed by atoms with Crippen LogP contribution in [0.5, 0.6) is 0 Å². The maximum absolute atomic E-state index is 5.10. The zero-order valence-electron chi connectivity index (χ0n) is 31.2. The van der Waals surface area contributed by atoms with E-state index in [0.717, 1.165) is 57.1 Å². The predicted molar refractivity (Wildman–Crippen MR) is 195 cm³/mol. The van der Waals surface area contributed by atoms with Crippen molar-refractivity contribution in [1.29, 1.82) is 0 Å². The molecule has 264 valence electrons. The van der Waals surface area contributed by atoms with Crippen molar-refractivity contribution in [1.82, 2.24) is 24.9 Å². The molecule has 44 heavy (non-hydrogen) atoms. The molecule has 0 bridgehead atoms. The standard InChI is InChI=1S/2C7H14.C6H13N.C5H12N2.C5H11NO.C4H9N.C4H8/c3*1-7-5-3-2-4-6-7;1-7-4-2-6-3-5-7;1-6-2-4-7-5-3-6;1-5-3-2-4-5;1-4-2-3-4/h2*7H,2-6H2,1H3;2-6H2,1H3;6H,2-5H2,1H3;2-5H2,1H3;2-4H2,1H3;4H,2-3H2,1H3. The van der Waals surface area contributed by atoms with E-state index in [9.17, 15) is 0 Å². The van der Waals surface area contributed by atoms with Crippen molar-refractivity contribution in [2.45, 2.75) is 124 Å². The highest BCUT2D eigenvalue weighted by Crippen LogP contribution is 2.26. The molecule has 0 atom stereocenters. The molecule has 4 aliphatic heterocycles. The van der Waals surface area contributed by atoms with Gasteiger partial charge < -0.3 is 29.7 Å². The first-order valence-corrected chi connectivity index (χ1v) is 19.3. The number of likely N-dealkylation sites (N-methyl/N-ethyl adjacent to an activating group) is 2. The number of hydrogen-bond donors (Lipinski definition) is 1. The fourth-order valence-corrected chi connectivity index (χ4v) is 5.74. The molecule has 0 aromatic heterocycles. The fraction of sp³-hybridized carbons (Fsp3) is 1.00. The number of piperazine rings is 1. The van der Waals surface area contributed by atoms with Gasteiger partial charge in [-0.05, 0) is 91.4 Å². The Morgan fingerprint density at radius 2 is 0.727 bits per heavy atom. The normalized spacial score (nSPS) is 25.4. The summed E-state index contributed by atoms with van der Waals surface area (Å²) >= 11 is 0. The molecule has 0 spiro atoms. The summed E-state index contributed by atoms with van der Waals surface area (Å²) in [5.41, 5.74) is 0. The van der Waals surface area contributed by atoms with Crippen molar-refractivity contribution in [2.24, 2.45) is 17.8 Å². The van der Waals surface area contributed by atoms with Crippen molar-refractivity contribution in [3.8, 4) is 0 Å². The molecule has 6 nitrogen and oxygen atoms in total. The van der Waals surface area contributed by atoms with Crippen LogP contribution in [0.25, 0.3) is 0 Å². The quantitative estimate of drug-likeness (QED) is 0.301. The summed E-state index contributed by atoms with van der Waals surface area (Å²) < 4.78 is 5.10. The summed E-state index contributed by atoms with van der Waals surface area (Å²) in [6.45, 7) is 21.0. The third-order valence-electron chi connectivity index (χ3n) is 9.89. The maximum atomic E-state index is 5.10. The van der Waals surface area contributed by atoms with Gasteiger partial charge in [0.1, 0.15) is 0 Å². The largest absolute Gasteiger partial charge is 0.379 e. The molecule has 4 saturated heterocycles. The average Bonchev–Trinajstić information content (AvgIpc) is 3.82. The predicted octanol–water partition coefficient (Wildman–Crippen LogP) is 7.48. The minimum absolute atomic E-state index is 0.913. The number of nitrogens with zero attached hydrogens (tertiary/aromatic N) is 4. The minimum Gasteiger partial charge on any atom is -0.379 e. The number of morpholine rings is 1. The summed E-state index contributed by atoms with van der Waals surface area (Å²) in [7, 11) is 8.60. The van der Waals surface area contributed by atoms with Crippen LogP contribution in [0.4, 0.5) is 0 Å². The maximum Gasteiger partial charge on any atom is 0.0594 e. The molecule has 0 aromatic carbocycles. The molecule has 0 unspecified atom stereocenters. The Kier molecular flexibility index (Phi) is 27.5. The van der Waals surface area contributed by atoms with Gasteiger partial charge in [0, 0.05) is 39.3 Å². The SMILES string of the molecule is CC1CC1.CC1CCCCC1.CC1CCCCC1.CN1CCC1.CN1CCCCC1.CN1CCNCC1.CN1CCOCC1. The molecule has 7 rings (SSSR count). The Morgan fingerprint density at radius 3 is 0.909 bits per heavy atom. The van der Waals surface area contributed by atoms with Gasteiger partial charge >= 0.3 is 0 Å². The van der Waals surface area contributed by atoms with Crippen LogP contribution in [-0.4, -0.2) is 126 Å². The first-order valence-electron chi connectivity index (χ1n) is 19.3. The van der Waals surface area contributed by atoms with Crippen LogP contribution in [0.2, 0.25) is 0 Å². The van der Waals surface area contributed by atoms with Crippen LogP contribution in [0, 0.1) is 17.8 Å². The molecule has 3 saturated carbocycles. The second-order valence-corrected chi connectivity index (χ2v) is 15.2. The third kappa shape index (κ3) is 29.2. The lowest BCUT2D eigenvalue weighted by atomic mass is 9.91. The van der Waals surface area contributed by atoms with Crippen molar-refractivity contribution in [3.05, 3.63) is 0 Å². The molecule has 7 fully saturated rings. The highest BCUT2D eigenvalue weighted by molar-refractivity contribution is 4.65. The molecular formula is C38H81N5O. The van der Waals surface area contributed by atoms with E-state index in [-0.39, 0.29) is 0 Å². The van der Waals surface area contributed by atoms with Crippen LogP contribution in [0.15, 0.2) is 0 Å². The molecular weight excluding hydrogens is 542 g/mol. The van der Waals surface area contributed by atoms with Crippen LogP contribution >= 0.6 is 0 Å². The third-order valence-corrected chi connectivity index (χ3v) is 9.89. The number of ether oxygens (including phenoxy) is 1. The molecule has 0 radical (unpaired) electrons. The van der Waals surface area contributed by atoms with Gasteiger partial charge in [0.2, 0.25) is 0 Å². The number of nitrogens with one attached hydrogen (secondary N) is 1. The molecule has 0 amide bonds. The lowest BCUT2D eigenvalue weighted by Gasteiger charge is -2.24. The summed E-state index contributed by atoms with van der Waals surface area (Å²) in [4.78, 5) is 9.30. The second kappa shape index (κ2) is 28.9. The first-order chi connectivity index (χ1) is 21.3. The Bertz CT molecular complexity index is 477. The van der Waals surface area contributed by atoms with Gasteiger partial charge in [-0.15, -0.1) is 0 Å². The van der Waals surface area contributed by atoms with E-state index in [2.05, 4.69) is 73.9 Å². The van der Waals surface area contributed by atoms with Crippen LogP contribution in [-0.2, 0) is 4.74 Å². The van der Waals surface area contributed by atoms with Crippen molar-refractivity contribution >= 4 is 0 Å². The molecule has 6 heteroatoms. The first kappa shape index (κ1) is 41.8. The van der Waals surface area contributed by atoms with E-state index >= 15 is 0 Å². The number of piperidine rings is 1. The average molecular weight is 624 g/mol. The topological polar surface area (TPSA) is 34.2 Å². The van der Waals surface area contributed by atoms with E-state index in [1.165, 1.54) is 142 Å². The molecule has 7 aliphatic rings. The fourth-order valence-electron chi connectivity index (χ4n) is 5.74. The Hall–Kier alpha value is -0.240. The van der Waals surface area contributed by atoms with E-state index < -0.39 is 0 Å².